The van der Waals surface area contributed by atoms with Crippen molar-refractivity contribution in [2.45, 2.75) is 6.54 Å². The van der Waals surface area contributed by atoms with Crippen molar-refractivity contribution in [2.24, 2.45) is 0 Å². The van der Waals surface area contributed by atoms with Crippen LogP contribution in [0.1, 0.15) is 16.2 Å². The topological polar surface area (TPSA) is 97.4 Å². The Bertz CT molecular complexity index is 778. The van der Waals surface area contributed by atoms with Gasteiger partial charge < -0.3 is 19.6 Å². The van der Waals surface area contributed by atoms with Crippen LogP contribution < -0.4 is 10.6 Å². The molecule has 2 amide bonds. The number of carbonyl (C=O) groups is 2. The van der Waals surface area contributed by atoms with Gasteiger partial charge in [0.1, 0.15) is 5.76 Å². The highest BCUT2D eigenvalue weighted by Crippen LogP contribution is 2.24. The molecule has 118 valence electrons. The number of thiophene rings is 1. The van der Waals surface area contributed by atoms with E-state index in [9.17, 15) is 9.59 Å². The molecule has 3 heterocycles. The molecule has 0 unspecified atom stereocenters. The molecule has 7 nitrogen and oxygen atoms in total. The van der Waals surface area contributed by atoms with Gasteiger partial charge in [0.15, 0.2) is 11.5 Å². The molecule has 0 aromatic carbocycles. The van der Waals surface area contributed by atoms with E-state index in [4.69, 9.17) is 8.94 Å². The van der Waals surface area contributed by atoms with Crippen LogP contribution in [0.4, 0.5) is 0 Å². The molecule has 0 atom stereocenters. The summed E-state index contributed by atoms with van der Waals surface area (Å²) in [5, 5.41) is 10.7. The summed E-state index contributed by atoms with van der Waals surface area (Å²) in [7, 11) is 0. The van der Waals surface area contributed by atoms with Crippen LogP contribution in [0, 0.1) is 0 Å². The largest absolute Gasteiger partial charge is 0.467 e. The zero-order valence-corrected chi connectivity index (χ0v) is 12.8. The van der Waals surface area contributed by atoms with Crippen LogP contribution >= 0.6 is 11.3 Å². The predicted octanol–water partition coefficient (Wildman–Crippen LogP) is 2.04. The lowest BCUT2D eigenvalue weighted by Gasteiger charge is -2.04. The maximum atomic E-state index is 11.9. The predicted molar refractivity (Wildman–Crippen MR) is 82.7 cm³/mol. The van der Waals surface area contributed by atoms with Crippen molar-refractivity contribution >= 4 is 23.2 Å². The second-order valence-corrected chi connectivity index (χ2v) is 5.54. The van der Waals surface area contributed by atoms with E-state index in [-0.39, 0.29) is 24.7 Å². The van der Waals surface area contributed by atoms with Crippen molar-refractivity contribution in [2.75, 3.05) is 6.54 Å². The van der Waals surface area contributed by atoms with E-state index >= 15 is 0 Å². The molecule has 0 radical (unpaired) electrons. The molecule has 0 fully saturated rings. The van der Waals surface area contributed by atoms with Crippen molar-refractivity contribution in [1.82, 2.24) is 15.8 Å². The van der Waals surface area contributed by atoms with Crippen LogP contribution in [0.3, 0.4) is 0 Å². The minimum Gasteiger partial charge on any atom is -0.467 e. The Morgan fingerprint density at radius 3 is 2.87 bits per heavy atom. The monoisotopic (exact) mass is 331 g/mol. The highest BCUT2D eigenvalue weighted by atomic mass is 32.1. The van der Waals surface area contributed by atoms with Crippen molar-refractivity contribution in [3.8, 4) is 10.6 Å². The van der Waals surface area contributed by atoms with E-state index in [1.807, 2.05) is 17.5 Å². The zero-order chi connectivity index (χ0) is 16.1. The molecule has 8 heteroatoms. The third kappa shape index (κ3) is 3.86. The number of nitrogens with one attached hydrogen (secondary N) is 2. The maximum absolute atomic E-state index is 11.9. The quantitative estimate of drug-likeness (QED) is 0.720. The molecule has 0 saturated heterocycles. The fourth-order valence-corrected chi connectivity index (χ4v) is 2.50. The molecule has 0 spiro atoms. The first-order valence-electron chi connectivity index (χ1n) is 6.80. The van der Waals surface area contributed by atoms with Gasteiger partial charge in [-0.05, 0) is 23.6 Å². The number of nitrogens with zero attached hydrogens (tertiary/aromatic N) is 1. The average molecular weight is 331 g/mol. The lowest BCUT2D eigenvalue weighted by atomic mass is 10.3. The van der Waals surface area contributed by atoms with Gasteiger partial charge in [-0.1, -0.05) is 11.2 Å². The second kappa shape index (κ2) is 6.93. The van der Waals surface area contributed by atoms with Gasteiger partial charge in [0.2, 0.25) is 5.91 Å². The fraction of sp³-hybridized carbons (Fsp3) is 0.133. The first kappa shape index (κ1) is 15.0. The summed E-state index contributed by atoms with van der Waals surface area (Å²) < 4.78 is 10.2. The van der Waals surface area contributed by atoms with Crippen molar-refractivity contribution in [3.63, 3.8) is 0 Å². The normalized spacial score (nSPS) is 10.4. The van der Waals surface area contributed by atoms with E-state index in [0.29, 0.717) is 11.5 Å². The Labute approximate surface area is 135 Å². The van der Waals surface area contributed by atoms with Gasteiger partial charge in [-0.15, -0.1) is 11.3 Å². The van der Waals surface area contributed by atoms with Crippen LogP contribution in [-0.4, -0.2) is 23.5 Å². The van der Waals surface area contributed by atoms with E-state index in [0.717, 1.165) is 4.88 Å². The van der Waals surface area contributed by atoms with Crippen LogP contribution in [0.2, 0.25) is 0 Å². The molecule has 3 aromatic rings. The van der Waals surface area contributed by atoms with Gasteiger partial charge >= 0.3 is 0 Å². The molecule has 23 heavy (non-hydrogen) atoms. The molecule has 0 bridgehead atoms. The first-order chi connectivity index (χ1) is 11.2. The molecular formula is C15H13N3O4S. The zero-order valence-electron chi connectivity index (χ0n) is 11.9. The molecule has 0 saturated carbocycles. The molecule has 0 aliphatic carbocycles. The minimum atomic E-state index is -0.468. The number of furan rings is 1. The van der Waals surface area contributed by atoms with E-state index in [1.165, 1.54) is 17.6 Å². The van der Waals surface area contributed by atoms with Gasteiger partial charge in [0.05, 0.1) is 24.2 Å². The Morgan fingerprint density at radius 2 is 2.13 bits per heavy atom. The summed E-state index contributed by atoms with van der Waals surface area (Å²) in [6, 6.07) is 8.78. The summed E-state index contributed by atoms with van der Waals surface area (Å²) in [6.45, 7) is 0.120. The second-order valence-electron chi connectivity index (χ2n) is 4.59. The van der Waals surface area contributed by atoms with Crippen molar-refractivity contribution in [1.29, 1.82) is 0 Å². The highest BCUT2D eigenvalue weighted by Gasteiger charge is 2.15. The van der Waals surface area contributed by atoms with E-state index in [2.05, 4.69) is 15.8 Å². The Morgan fingerprint density at radius 1 is 1.22 bits per heavy atom. The lowest BCUT2D eigenvalue weighted by molar-refractivity contribution is -0.120. The maximum Gasteiger partial charge on any atom is 0.273 e. The number of amides is 2. The summed E-state index contributed by atoms with van der Waals surface area (Å²) in [4.78, 5) is 24.5. The van der Waals surface area contributed by atoms with Crippen molar-refractivity contribution in [3.05, 3.63) is 53.4 Å². The van der Waals surface area contributed by atoms with Crippen molar-refractivity contribution < 1.29 is 18.5 Å². The molecule has 0 aliphatic heterocycles. The number of rotatable bonds is 6. The number of aromatic nitrogens is 1. The van der Waals surface area contributed by atoms with Gasteiger partial charge in [-0.2, -0.15) is 0 Å². The Kier molecular flexibility index (Phi) is 4.53. The minimum absolute atomic E-state index is 0.132. The van der Waals surface area contributed by atoms with Crippen LogP contribution in [-0.2, 0) is 11.3 Å². The van der Waals surface area contributed by atoms with Crippen LogP contribution in [0.25, 0.3) is 10.6 Å². The van der Waals surface area contributed by atoms with Gasteiger partial charge in [-0.3, -0.25) is 9.59 Å². The number of hydrogen-bond acceptors (Lipinski definition) is 6. The molecule has 2 N–H and O–H groups in total. The molecule has 3 rings (SSSR count). The summed E-state index contributed by atoms with van der Waals surface area (Å²) in [5.74, 6) is 0.371. The first-order valence-corrected chi connectivity index (χ1v) is 7.68. The summed E-state index contributed by atoms with van der Waals surface area (Å²) in [5.41, 5.74) is 0.132. The number of hydrogen-bond donors (Lipinski definition) is 2. The summed E-state index contributed by atoms with van der Waals surface area (Å²) in [6.07, 6.45) is 1.53. The standard InChI is InChI=1S/C15H13N3O4S/c19-14(16-8-10-3-1-5-21-10)9-17-15(20)11-7-12(22-18-11)13-4-2-6-23-13/h1-7H,8-9H2,(H,16,19)(H,17,20). The van der Waals surface area contributed by atoms with Gasteiger partial charge in [0, 0.05) is 6.07 Å². The van der Waals surface area contributed by atoms with E-state index in [1.54, 1.807) is 18.2 Å². The smallest absolute Gasteiger partial charge is 0.273 e. The Balaban J connectivity index is 1.48. The third-order valence-corrected chi connectivity index (χ3v) is 3.84. The molecule has 0 aliphatic rings. The fourth-order valence-electron chi connectivity index (χ4n) is 1.83. The van der Waals surface area contributed by atoms with Gasteiger partial charge in [-0.25, -0.2) is 0 Å². The SMILES string of the molecule is O=C(CNC(=O)c1cc(-c2cccs2)on1)NCc1ccco1. The van der Waals surface area contributed by atoms with Gasteiger partial charge in [0.25, 0.3) is 5.91 Å². The third-order valence-electron chi connectivity index (χ3n) is 2.96. The Hall–Kier alpha value is -2.87. The van der Waals surface area contributed by atoms with Crippen LogP contribution in [0.5, 0.6) is 0 Å². The molecular weight excluding hydrogens is 318 g/mol. The van der Waals surface area contributed by atoms with Crippen LogP contribution in [0.15, 0.2) is 50.9 Å². The number of carbonyl (C=O) groups excluding carboxylic acids is 2. The lowest BCUT2D eigenvalue weighted by Crippen LogP contribution is -2.36. The highest BCUT2D eigenvalue weighted by molar-refractivity contribution is 7.13. The average Bonchev–Trinajstić information content (AvgIpc) is 3.31. The summed E-state index contributed by atoms with van der Waals surface area (Å²) >= 11 is 1.49. The molecule has 3 aromatic heterocycles. The van der Waals surface area contributed by atoms with E-state index < -0.39 is 5.91 Å².